The Morgan fingerprint density at radius 2 is 1.90 bits per heavy atom. The molecule has 2 fully saturated rings. The maximum atomic E-state index is 6.10. The van der Waals surface area contributed by atoms with Gasteiger partial charge in [-0.2, -0.15) is 0 Å². The SMILES string of the molecule is CCOc1ccccc1C(CN)N1CCN(C2CC2)CC1. The van der Waals surface area contributed by atoms with Crippen LogP contribution in [-0.2, 0) is 0 Å². The lowest BCUT2D eigenvalue weighted by molar-refractivity contribution is 0.0925. The summed E-state index contributed by atoms with van der Waals surface area (Å²) < 4.78 is 5.79. The third-order valence-corrected chi connectivity index (χ3v) is 4.65. The van der Waals surface area contributed by atoms with Gasteiger partial charge in [-0.1, -0.05) is 18.2 Å². The highest BCUT2D eigenvalue weighted by Gasteiger charge is 2.33. The monoisotopic (exact) mass is 289 g/mol. The first-order valence-electron chi connectivity index (χ1n) is 8.23. The van der Waals surface area contributed by atoms with E-state index in [1.165, 1.54) is 31.5 Å². The first-order valence-corrected chi connectivity index (χ1v) is 8.23. The summed E-state index contributed by atoms with van der Waals surface area (Å²) in [5.74, 6) is 0.986. The van der Waals surface area contributed by atoms with E-state index < -0.39 is 0 Å². The summed E-state index contributed by atoms with van der Waals surface area (Å²) in [6, 6.07) is 9.49. The van der Waals surface area contributed by atoms with Gasteiger partial charge in [0.2, 0.25) is 0 Å². The smallest absolute Gasteiger partial charge is 0.124 e. The van der Waals surface area contributed by atoms with Gasteiger partial charge in [0, 0.05) is 44.3 Å². The Morgan fingerprint density at radius 3 is 2.52 bits per heavy atom. The Hall–Kier alpha value is -1.10. The molecule has 1 saturated heterocycles. The Morgan fingerprint density at radius 1 is 1.19 bits per heavy atom. The zero-order chi connectivity index (χ0) is 14.7. The molecule has 0 bridgehead atoms. The molecule has 0 aromatic heterocycles. The van der Waals surface area contributed by atoms with Crippen molar-refractivity contribution < 1.29 is 4.74 Å². The van der Waals surface area contributed by atoms with Crippen molar-refractivity contribution in [1.82, 2.24) is 9.80 Å². The third-order valence-electron chi connectivity index (χ3n) is 4.65. The number of ether oxygens (including phenoxy) is 1. The number of nitrogens with two attached hydrogens (primary N) is 1. The van der Waals surface area contributed by atoms with E-state index in [2.05, 4.69) is 28.0 Å². The van der Waals surface area contributed by atoms with Crippen molar-refractivity contribution in [3.63, 3.8) is 0 Å². The molecule has 1 heterocycles. The van der Waals surface area contributed by atoms with E-state index in [1.54, 1.807) is 0 Å². The van der Waals surface area contributed by atoms with Crippen molar-refractivity contribution in [2.24, 2.45) is 5.73 Å². The minimum Gasteiger partial charge on any atom is -0.494 e. The van der Waals surface area contributed by atoms with Crippen LogP contribution in [0.5, 0.6) is 5.75 Å². The van der Waals surface area contributed by atoms with Gasteiger partial charge in [-0.25, -0.2) is 0 Å². The number of piperazine rings is 1. The summed E-state index contributed by atoms with van der Waals surface area (Å²) in [6.07, 6.45) is 2.79. The topological polar surface area (TPSA) is 41.7 Å². The summed E-state index contributed by atoms with van der Waals surface area (Å²) >= 11 is 0. The number of nitrogens with zero attached hydrogens (tertiary/aromatic N) is 2. The van der Waals surface area contributed by atoms with Crippen LogP contribution in [0.4, 0.5) is 0 Å². The van der Waals surface area contributed by atoms with Gasteiger partial charge in [0.15, 0.2) is 0 Å². The van der Waals surface area contributed by atoms with Crippen molar-refractivity contribution in [2.45, 2.75) is 31.8 Å². The van der Waals surface area contributed by atoms with Crippen LogP contribution in [0.25, 0.3) is 0 Å². The normalized spacial score (nSPS) is 22.2. The summed E-state index contributed by atoms with van der Waals surface area (Å²) in [7, 11) is 0. The van der Waals surface area contributed by atoms with Crippen molar-refractivity contribution in [1.29, 1.82) is 0 Å². The molecule has 0 amide bonds. The molecule has 4 heteroatoms. The van der Waals surface area contributed by atoms with Crippen molar-refractivity contribution in [3.05, 3.63) is 29.8 Å². The largest absolute Gasteiger partial charge is 0.494 e. The summed E-state index contributed by atoms with van der Waals surface area (Å²) in [4.78, 5) is 5.16. The van der Waals surface area contributed by atoms with Crippen molar-refractivity contribution in [2.75, 3.05) is 39.3 Å². The number of para-hydroxylation sites is 1. The van der Waals surface area contributed by atoms with E-state index in [1.807, 2.05) is 13.0 Å². The van der Waals surface area contributed by atoms with Gasteiger partial charge in [0.25, 0.3) is 0 Å². The Kier molecular flexibility index (Phi) is 4.78. The van der Waals surface area contributed by atoms with Gasteiger partial charge in [0.1, 0.15) is 5.75 Å². The van der Waals surface area contributed by atoms with E-state index in [0.717, 1.165) is 24.9 Å². The Bertz CT molecular complexity index is 453. The highest BCUT2D eigenvalue weighted by Crippen LogP contribution is 2.32. The molecule has 1 aromatic carbocycles. The average molecular weight is 289 g/mol. The predicted octanol–water partition coefficient (Wildman–Crippen LogP) is 1.87. The third kappa shape index (κ3) is 3.39. The summed E-state index contributed by atoms with van der Waals surface area (Å²) in [6.45, 7) is 7.95. The second-order valence-corrected chi connectivity index (χ2v) is 6.03. The van der Waals surface area contributed by atoms with Gasteiger partial charge < -0.3 is 10.5 Å². The number of rotatable bonds is 6. The molecule has 1 saturated carbocycles. The Labute approximate surface area is 127 Å². The number of hydrogen-bond donors (Lipinski definition) is 1. The van der Waals surface area contributed by atoms with Crippen LogP contribution in [-0.4, -0.2) is 55.2 Å². The molecule has 0 radical (unpaired) electrons. The lowest BCUT2D eigenvalue weighted by Crippen LogP contribution is -2.49. The number of hydrogen-bond acceptors (Lipinski definition) is 4. The molecule has 21 heavy (non-hydrogen) atoms. The minimum atomic E-state index is 0.272. The molecular weight excluding hydrogens is 262 g/mol. The second kappa shape index (κ2) is 6.77. The second-order valence-electron chi connectivity index (χ2n) is 6.03. The quantitative estimate of drug-likeness (QED) is 0.868. The zero-order valence-corrected chi connectivity index (χ0v) is 13.0. The first kappa shape index (κ1) is 14.8. The van der Waals surface area contributed by atoms with Crippen LogP contribution < -0.4 is 10.5 Å². The van der Waals surface area contributed by atoms with Gasteiger partial charge >= 0.3 is 0 Å². The maximum Gasteiger partial charge on any atom is 0.124 e. The van der Waals surface area contributed by atoms with Crippen LogP contribution in [0.15, 0.2) is 24.3 Å². The Balaban J connectivity index is 1.70. The molecule has 2 N–H and O–H groups in total. The molecule has 1 atom stereocenters. The fourth-order valence-electron chi connectivity index (χ4n) is 3.37. The highest BCUT2D eigenvalue weighted by atomic mass is 16.5. The molecule has 0 spiro atoms. The van der Waals surface area contributed by atoms with Crippen molar-refractivity contribution in [3.8, 4) is 5.75 Å². The molecule has 2 aliphatic rings. The molecule has 3 rings (SSSR count). The molecule has 116 valence electrons. The lowest BCUT2D eigenvalue weighted by atomic mass is 10.0. The first-order chi connectivity index (χ1) is 10.3. The molecular formula is C17H27N3O. The standard InChI is InChI=1S/C17H27N3O/c1-2-21-17-6-4-3-5-15(17)16(13-18)20-11-9-19(10-12-20)14-7-8-14/h3-6,14,16H,2,7-13,18H2,1H3. The highest BCUT2D eigenvalue weighted by molar-refractivity contribution is 5.36. The fourth-order valence-corrected chi connectivity index (χ4v) is 3.37. The molecule has 1 unspecified atom stereocenters. The van der Waals surface area contributed by atoms with Crippen LogP contribution in [0.1, 0.15) is 31.4 Å². The average Bonchev–Trinajstić information content (AvgIpc) is 3.35. The summed E-state index contributed by atoms with van der Waals surface area (Å²) in [5.41, 5.74) is 7.33. The van der Waals surface area contributed by atoms with Gasteiger partial charge in [0.05, 0.1) is 12.6 Å². The fraction of sp³-hybridized carbons (Fsp3) is 0.647. The molecule has 4 nitrogen and oxygen atoms in total. The van der Waals surface area contributed by atoms with Crippen molar-refractivity contribution >= 4 is 0 Å². The minimum absolute atomic E-state index is 0.272. The predicted molar refractivity (Wildman–Crippen MR) is 85.6 cm³/mol. The van der Waals surface area contributed by atoms with E-state index in [-0.39, 0.29) is 6.04 Å². The van der Waals surface area contributed by atoms with E-state index in [9.17, 15) is 0 Å². The van der Waals surface area contributed by atoms with E-state index >= 15 is 0 Å². The zero-order valence-electron chi connectivity index (χ0n) is 13.0. The summed E-state index contributed by atoms with van der Waals surface area (Å²) in [5, 5.41) is 0. The number of benzene rings is 1. The van der Waals surface area contributed by atoms with Gasteiger partial charge in [-0.15, -0.1) is 0 Å². The maximum absolute atomic E-state index is 6.10. The van der Waals surface area contributed by atoms with Gasteiger partial charge in [-0.3, -0.25) is 9.80 Å². The van der Waals surface area contributed by atoms with Crippen LogP contribution in [0, 0.1) is 0 Å². The molecule has 1 aliphatic carbocycles. The van der Waals surface area contributed by atoms with E-state index in [4.69, 9.17) is 10.5 Å². The molecule has 1 aromatic rings. The molecule has 1 aliphatic heterocycles. The van der Waals surface area contributed by atoms with Crippen LogP contribution in [0.2, 0.25) is 0 Å². The lowest BCUT2D eigenvalue weighted by Gasteiger charge is -2.39. The van der Waals surface area contributed by atoms with E-state index in [0.29, 0.717) is 13.2 Å². The van der Waals surface area contributed by atoms with Crippen LogP contribution in [0.3, 0.4) is 0 Å². The van der Waals surface area contributed by atoms with Gasteiger partial charge in [-0.05, 0) is 25.8 Å². The van der Waals surface area contributed by atoms with Crippen LogP contribution >= 0.6 is 0 Å².